The molecule has 3 rings (SSSR count). The van der Waals surface area contributed by atoms with Crippen LogP contribution in [0.3, 0.4) is 0 Å². The smallest absolute Gasteiger partial charge is 0.421 e. The summed E-state index contributed by atoms with van der Waals surface area (Å²) in [5.74, 6) is 0.190. The Morgan fingerprint density at radius 1 is 0.933 bits per heavy atom. The van der Waals surface area contributed by atoms with E-state index < -0.39 is 11.7 Å². The Labute approximate surface area is 173 Å². The number of alkyl halides is 3. The zero-order valence-electron chi connectivity index (χ0n) is 16.7. The second-order valence-corrected chi connectivity index (χ2v) is 6.31. The molecule has 0 saturated heterocycles. The molecule has 0 unspecified atom stereocenters. The van der Waals surface area contributed by atoms with Gasteiger partial charge in [-0.3, -0.25) is 0 Å². The van der Waals surface area contributed by atoms with Crippen LogP contribution in [0.15, 0.2) is 60.8 Å². The molecule has 0 bridgehead atoms. The number of para-hydroxylation sites is 2. The first-order chi connectivity index (χ1) is 14.4. The lowest BCUT2D eigenvalue weighted by atomic mass is 10.2. The third-order valence-electron chi connectivity index (χ3n) is 4.29. The summed E-state index contributed by atoms with van der Waals surface area (Å²) in [5, 5.41) is 0. The first kappa shape index (κ1) is 21.4. The monoisotopic (exact) mass is 417 g/mol. The second-order valence-electron chi connectivity index (χ2n) is 6.31. The van der Waals surface area contributed by atoms with Gasteiger partial charge in [0.25, 0.3) is 0 Å². The fourth-order valence-corrected chi connectivity index (χ4v) is 2.95. The van der Waals surface area contributed by atoms with E-state index in [0.717, 1.165) is 11.8 Å². The van der Waals surface area contributed by atoms with Crippen LogP contribution in [-0.4, -0.2) is 23.1 Å². The number of halogens is 3. The van der Waals surface area contributed by atoms with E-state index in [9.17, 15) is 13.2 Å². The Balaban J connectivity index is 2.01. The summed E-state index contributed by atoms with van der Waals surface area (Å²) in [6, 6.07) is 16.0. The highest BCUT2D eigenvalue weighted by Gasteiger charge is 2.37. The van der Waals surface area contributed by atoms with Gasteiger partial charge in [-0.05, 0) is 31.5 Å². The number of aromatic nitrogens is 2. The van der Waals surface area contributed by atoms with Crippen LogP contribution in [0.5, 0.6) is 11.8 Å². The summed E-state index contributed by atoms with van der Waals surface area (Å²) >= 11 is 0. The largest absolute Gasteiger partial charge is 0.492 e. The van der Waals surface area contributed by atoms with Crippen molar-refractivity contribution in [3.05, 3.63) is 71.9 Å². The standard InChI is InChI=1S/C22H22F3N3O2/c1-3-28(18-12-8-9-13-19(18)29-4-2)20-17(22(23,24)25)14-26-21(27-20)30-15-16-10-6-5-7-11-16/h5-14H,3-4,15H2,1-2H3. The maximum Gasteiger partial charge on any atom is 0.421 e. The fraction of sp³-hybridized carbons (Fsp3) is 0.273. The zero-order chi connectivity index (χ0) is 21.6. The maximum atomic E-state index is 13.7. The van der Waals surface area contributed by atoms with Crippen molar-refractivity contribution < 1.29 is 22.6 Å². The van der Waals surface area contributed by atoms with Gasteiger partial charge in [0.1, 0.15) is 17.9 Å². The van der Waals surface area contributed by atoms with E-state index >= 15 is 0 Å². The van der Waals surface area contributed by atoms with Gasteiger partial charge >= 0.3 is 12.2 Å². The van der Waals surface area contributed by atoms with Crippen molar-refractivity contribution >= 4 is 11.5 Å². The van der Waals surface area contributed by atoms with E-state index in [2.05, 4.69) is 9.97 Å². The molecule has 0 aliphatic rings. The number of hydrogen-bond donors (Lipinski definition) is 0. The van der Waals surface area contributed by atoms with Crippen LogP contribution in [0.25, 0.3) is 0 Å². The summed E-state index contributed by atoms with van der Waals surface area (Å²) in [6.07, 6.45) is -3.87. The molecule has 0 saturated carbocycles. The van der Waals surface area contributed by atoms with Crippen molar-refractivity contribution in [2.75, 3.05) is 18.1 Å². The van der Waals surface area contributed by atoms with Crippen LogP contribution >= 0.6 is 0 Å². The predicted octanol–water partition coefficient (Wildman–Crippen LogP) is 5.63. The van der Waals surface area contributed by atoms with Crippen molar-refractivity contribution in [3.63, 3.8) is 0 Å². The van der Waals surface area contributed by atoms with Crippen LogP contribution in [0.1, 0.15) is 25.0 Å². The third kappa shape index (κ3) is 5.00. The molecule has 1 aromatic heterocycles. The van der Waals surface area contributed by atoms with Gasteiger partial charge in [0.15, 0.2) is 5.82 Å². The van der Waals surface area contributed by atoms with Gasteiger partial charge in [-0.1, -0.05) is 42.5 Å². The molecule has 0 aliphatic heterocycles. The summed E-state index contributed by atoms with van der Waals surface area (Å²) in [7, 11) is 0. The predicted molar refractivity (Wildman–Crippen MR) is 108 cm³/mol. The maximum absolute atomic E-state index is 13.7. The Morgan fingerprint density at radius 3 is 2.30 bits per heavy atom. The van der Waals surface area contributed by atoms with E-state index in [0.29, 0.717) is 18.0 Å². The van der Waals surface area contributed by atoms with Gasteiger partial charge in [0.05, 0.1) is 12.3 Å². The number of hydrogen-bond acceptors (Lipinski definition) is 5. The number of anilines is 2. The van der Waals surface area contributed by atoms with Gasteiger partial charge in [-0.2, -0.15) is 18.2 Å². The summed E-state index contributed by atoms with van der Waals surface area (Å²) in [4.78, 5) is 9.35. The highest BCUT2D eigenvalue weighted by atomic mass is 19.4. The van der Waals surface area contributed by atoms with E-state index in [1.54, 1.807) is 31.2 Å². The van der Waals surface area contributed by atoms with Crippen molar-refractivity contribution in [1.29, 1.82) is 0 Å². The summed E-state index contributed by atoms with van der Waals surface area (Å²) < 4.78 is 52.3. The van der Waals surface area contributed by atoms with Gasteiger partial charge in [0.2, 0.25) is 0 Å². The Bertz CT molecular complexity index is 965. The minimum atomic E-state index is -4.62. The van der Waals surface area contributed by atoms with Gasteiger partial charge in [-0.25, -0.2) is 4.98 Å². The zero-order valence-corrected chi connectivity index (χ0v) is 16.7. The molecule has 5 nitrogen and oxygen atoms in total. The number of ether oxygens (including phenoxy) is 2. The van der Waals surface area contributed by atoms with Crippen LogP contribution < -0.4 is 14.4 Å². The van der Waals surface area contributed by atoms with E-state index in [4.69, 9.17) is 9.47 Å². The summed E-state index contributed by atoms with van der Waals surface area (Å²) in [6.45, 7) is 4.33. The van der Waals surface area contributed by atoms with Crippen molar-refractivity contribution in [2.24, 2.45) is 0 Å². The first-order valence-electron chi connectivity index (χ1n) is 9.54. The first-order valence-corrected chi connectivity index (χ1v) is 9.54. The Kier molecular flexibility index (Phi) is 6.76. The molecular formula is C22H22F3N3O2. The number of rotatable bonds is 8. The SMILES string of the molecule is CCOc1ccccc1N(CC)c1nc(OCc2ccccc2)ncc1C(F)(F)F. The molecule has 0 fully saturated rings. The number of benzene rings is 2. The van der Waals surface area contributed by atoms with Crippen molar-refractivity contribution in [3.8, 4) is 11.8 Å². The highest BCUT2D eigenvalue weighted by molar-refractivity contribution is 5.69. The molecule has 0 amide bonds. The minimum absolute atomic E-state index is 0.130. The molecule has 8 heteroatoms. The quantitative estimate of drug-likeness (QED) is 0.475. The molecule has 30 heavy (non-hydrogen) atoms. The average molecular weight is 417 g/mol. The molecule has 0 atom stereocenters. The van der Waals surface area contributed by atoms with Crippen molar-refractivity contribution in [2.45, 2.75) is 26.6 Å². The highest BCUT2D eigenvalue weighted by Crippen LogP contribution is 2.40. The van der Waals surface area contributed by atoms with Gasteiger partial charge in [0, 0.05) is 12.7 Å². The lowest BCUT2D eigenvalue weighted by Crippen LogP contribution is -2.23. The second kappa shape index (κ2) is 9.47. The van der Waals surface area contributed by atoms with Crippen molar-refractivity contribution in [1.82, 2.24) is 9.97 Å². The summed E-state index contributed by atoms with van der Waals surface area (Å²) in [5.41, 5.74) is 0.402. The van der Waals surface area contributed by atoms with Gasteiger partial charge in [-0.15, -0.1) is 0 Å². The fourth-order valence-electron chi connectivity index (χ4n) is 2.95. The third-order valence-corrected chi connectivity index (χ3v) is 4.29. The van der Waals surface area contributed by atoms with Crippen LogP contribution in [-0.2, 0) is 12.8 Å². The Hall–Kier alpha value is -3.29. The lowest BCUT2D eigenvalue weighted by molar-refractivity contribution is -0.137. The average Bonchev–Trinajstić information content (AvgIpc) is 2.74. The molecule has 0 N–H and O–H groups in total. The molecular weight excluding hydrogens is 395 g/mol. The minimum Gasteiger partial charge on any atom is -0.492 e. The normalized spacial score (nSPS) is 11.2. The topological polar surface area (TPSA) is 47.5 Å². The molecule has 0 aliphatic carbocycles. The van der Waals surface area contributed by atoms with E-state index in [-0.39, 0.29) is 25.0 Å². The molecule has 0 radical (unpaired) electrons. The van der Waals surface area contributed by atoms with E-state index in [1.807, 2.05) is 37.3 Å². The Morgan fingerprint density at radius 2 is 1.63 bits per heavy atom. The molecule has 158 valence electrons. The molecule has 3 aromatic rings. The van der Waals surface area contributed by atoms with Crippen LogP contribution in [0, 0.1) is 0 Å². The lowest BCUT2D eigenvalue weighted by Gasteiger charge is -2.27. The molecule has 1 heterocycles. The number of nitrogens with zero attached hydrogens (tertiary/aromatic N) is 3. The molecule has 0 spiro atoms. The van der Waals surface area contributed by atoms with Crippen LogP contribution in [0.4, 0.5) is 24.7 Å². The van der Waals surface area contributed by atoms with Gasteiger partial charge < -0.3 is 14.4 Å². The van der Waals surface area contributed by atoms with Crippen LogP contribution in [0.2, 0.25) is 0 Å². The molecule has 2 aromatic carbocycles. The van der Waals surface area contributed by atoms with E-state index in [1.165, 1.54) is 4.90 Å².